The van der Waals surface area contributed by atoms with Crippen molar-refractivity contribution in [3.8, 4) is 0 Å². The van der Waals surface area contributed by atoms with Crippen LogP contribution in [-0.2, 0) is 0 Å². The Morgan fingerprint density at radius 3 is 2.84 bits per heavy atom. The summed E-state index contributed by atoms with van der Waals surface area (Å²) < 4.78 is 0. The molecule has 2 unspecified atom stereocenters. The van der Waals surface area contributed by atoms with Gasteiger partial charge in [0.25, 0.3) is 0 Å². The van der Waals surface area contributed by atoms with Gasteiger partial charge in [-0.15, -0.1) is 11.3 Å². The highest BCUT2D eigenvalue weighted by Gasteiger charge is 2.36. The molecule has 3 rings (SSSR count). The number of thiophene rings is 1. The first-order valence-corrected chi connectivity index (χ1v) is 8.31. The normalized spacial score (nSPS) is 27.5. The lowest BCUT2D eigenvalue weighted by Gasteiger charge is -2.31. The summed E-state index contributed by atoms with van der Waals surface area (Å²) in [7, 11) is 0. The first kappa shape index (κ1) is 13.3. The molecule has 0 spiro atoms. The van der Waals surface area contributed by atoms with Crippen LogP contribution in [0.5, 0.6) is 0 Å². The van der Waals surface area contributed by atoms with Gasteiger partial charge in [-0.05, 0) is 51.6 Å². The van der Waals surface area contributed by atoms with E-state index in [2.05, 4.69) is 24.8 Å². The quantitative estimate of drug-likeness (QED) is 0.783. The third kappa shape index (κ3) is 2.63. The van der Waals surface area contributed by atoms with Crippen LogP contribution in [0, 0.1) is 19.8 Å². The Kier molecular flexibility index (Phi) is 3.77. The molecule has 3 heteroatoms. The summed E-state index contributed by atoms with van der Waals surface area (Å²) in [5.41, 5.74) is 0.960. The number of rotatable bonds is 3. The summed E-state index contributed by atoms with van der Waals surface area (Å²) in [4.78, 5) is 17.4. The zero-order valence-electron chi connectivity index (χ0n) is 11.9. The van der Waals surface area contributed by atoms with Crippen LogP contribution in [0.1, 0.15) is 52.2 Å². The maximum Gasteiger partial charge on any atom is 0.177 e. The van der Waals surface area contributed by atoms with Crippen molar-refractivity contribution in [1.82, 2.24) is 4.90 Å². The van der Waals surface area contributed by atoms with Crippen molar-refractivity contribution in [3.05, 3.63) is 21.4 Å². The molecule has 1 saturated carbocycles. The second-order valence-electron chi connectivity index (χ2n) is 6.12. The van der Waals surface area contributed by atoms with Crippen LogP contribution in [0.4, 0.5) is 0 Å². The van der Waals surface area contributed by atoms with Crippen molar-refractivity contribution in [2.45, 2.75) is 52.0 Å². The minimum atomic E-state index is 0.327. The zero-order chi connectivity index (χ0) is 13.4. The van der Waals surface area contributed by atoms with Gasteiger partial charge < -0.3 is 0 Å². The molecule has 104 valence electrons. The summed E-state index contributed by atoms with van der Waals surface area (Å²) in [6, 6.07) is 2.76. The highest BCUT2D eigenvalue weighted by Crippen LogP contribution is 2.36. The Bertz CT molecular complexity index is 479. The molecule has 2 fully saturated rings. The summed E-state index contributed by atoms with van der Waals surface area (Å²) in [5.74, 6) is 1.19. The molecule has 2 nitrogen and oxygen atoms in total. The smallest absolute Gasteiger partial charge is 0.177 e. The number of hydrogen-bond acceptors (Lipinski definition) is 3. The molecule has 0 N–H and O–H groups in total. The molecular weight excluding hydrogens is 254 g/mol. The van der Waals surface area contributed by atoms with Gasteiger partial charge in [0, 0.05) is 21.4 Å². The van der Waals surface area contributed by atoms with Crippen LogP contribution in [0.3, 0.4) is 0 Å². The molecule has 2 heterocycles. The molecular formula is C16H23NOS. The lowest BCUT2D eigenvalue weighted by atomic mass is 9.85. The van der Waals surface area contributed by atoms with Crippen molar-refractivity contribution < 1.29 is 4.79 Å². The standard InChI is InChI=1S/C16H23NOS/c1-11-9-14(12(2)19-11)16(18)10-17-8-7-13-5-3-4-6-15(13)17/h9,13,15H,3-8,10H2,1-2H3. The molecule has 1 aromatic rings. The fourth-order valence-corrected chi connectivity index (χ4v) is 4.82. The third-order valence-electron chi connectivity index (χ3n) is 4.81. The van der Waals surface area contributed by atoms with E-state index in [1.165, 1.54) is 41.9 Å². The maximum absolute atomic E-state index is 12.5. The second-order valence-corrected chi connectivity index (χ2v) is 7.58. The number of Topliss-reactive ketones (excluding diaryl/α,β-unsaturated/α-hetero) is 1. The molecule has 1 aromatic heterocycles. The minimum Gasteiger partial charge on any atom is -0.293 e. The van der Waals surface area contributed by atoms with E-state index < -0.39 is 0 Å². The molecule has 1 saturated heterocycles. The highest BCUT2D eigenvalue weighted by molar-refractivity contribution is 7.12. The van der Waals surface area contributed by atoms with Crippen molar-refractivity contribution in [3.63, 3.8) is 0 Å². The predicted molar refractivity (Wildman–Crippen MR) is 80.1 cm³/mol. The van der Waals surface area contributed by atoms with Crippen LogP contribution in [-0.4, -0.2) is 29.8 Å². The van der Waals surface area contributed by atoms with Crippen LogP contribution >= 0.6 is 11.3 Å². The number of nitrogens with zero attached hydrogens (tertiary/aromatic N) is 1. The van der Waals surface area contributed by atoms with Gasteiger partial charge in [-0.1, -0.05) is 12.8 Å². The Balaban J connectivity index is 1.68. The number of aryl methyl sites for hydroxylation is 2. The molecule has 0 amide bonds. The number of hydrogen-bond donors (Lipinski definition) is 0. The summed E-state index contributed by atoms with van der Waals surface area (Å²) in [6.45, 7) is 5.92. The van der Waals surface area contributed by atoms with Gasteiger partial charge in [-0.3, -0.25) is 9.69 Å². The van der Waals surface area contributed by atoms with E-state index in [0.29, 0.717) is 18.4 Å². The first-order chi connectivity index (χ1) is 9.15. The topological polar surface area (TPSA) is 20.3 Å². The summed E-state index contributed by atoms with van der Waals surface area (Å²) in [6.07, 6.45) is 6.74. The van der Waals surface area contributed by atoms with Crippen LogP contribution < -0.4 is 0 Å². The van der Waals surface area contributed by atoms with E-state index in [-0.39, 0.29) is 0 Å². The molecule has 0 aromatic carbocycles. The van der Waals surface area contributed by atoms with Gasteiger partial charge >= 0.3 is 0 Å². The van der Waals surface area contributed by atoms with E-state index in [4.69, 9.17) is 0 Å². The van der Waals surface area contributed by atoms with E-state index in [1.807, 2.05) is 0 Å². The Hall–Kier alpha value is -0.670. The SMILES string of the molecule is Cc1cc(C(=O)CN2CCC3CCCCC32)c(C)s1. The molecule has 1 aliphatic heterocycles. The molecule has 0 bridgehead atoms. The molecule has 19 heavy (non-hydrogen) atoms. The number of likely N-dealkylation sites (tertiary alicyclic amines) is 1. The monoisotopic (exact) mass is 277 g/mol. The van der Waals surface area contributed by atoms with Crippen LogP contribution in [0.25, 0.3) is 0 Å². The van der Waals surface area contributed by atoms with Gasteiger partial charge in [0.15, 0.2) is 5.78 Å². The first-order valence-electron chi connectivity index (χ1n) is 7.49. The fraction of sp³-hybridized carbons (Fsp3) is 0.688. The van der Waals surface area contributed by atoms with E-state index >= 15 is 0 Å². The molecule has 1 aliphatic carbocycles. The third-order valence-corrected chi connectivity index (χ3v) is 5.78. The van der Waals surface area contributed by atoms with Gasteiger partial charge in [0.2, 0.25) is 0 Å². The van der Waals surface area contributed by atoms with Gasteiger partial charge in [0.05, 0.1) is 6.54 Å². The fourth-order valence-electron chi connectivity index (χ4n) is 3.88. The second kappa shape index (κ2) is 5.37. The van der Waals surface area contributed by atoms with E-state index in [0.717, 1.165) is 18.0 Å². The minimum absolute atomic E-state index is 0.327. The lowest BCUT2D eigenvalue weighted by Crippen LogP contribution is -2.38. The average Bonchev–Trinajstić information content (AvgIpc) is 2.94. The number of carbonyl (C=O) groups is 1. The van der Waals surface area contributed by atoms with Crippen molar-refractivity contribution in [1.29, 1.82) is 0 Å². The Labute approximate surface area is 119 Å². The van der Waals surface area contributed by atoms with E-state index in [1.54, 1.807) is 11.3 Å². The van der Waals surface area contributed by atoms with Crippen molar-refractivity contribution >= 4 is 17.1 Å². The number of carbonyl (C=O) groups excluding carboxylic acids is 1. The predicted octanol–water partition coefficient (Wildman–Crippen LogP) is 3.81. The molecule has 2 aliphatic rings. The number of fused-ring (bicyclic) bond motifs is 1. The zero-order valence-corrected chi connectivity index (χ0v) is 12.8. The molecule has 0 radical (unpaired) electrons. The largest absolute Gasteiger partial charge is 0.293 e. The maximum atomic E-state index is 12.5. The summed E-state index contributed by atoms with van der Waals surface area (Å²) in [5, 5.41) is 0. The van der Waals surface area contributed by atoms with Crippen LogP contribution in [0.2, 0.25) is 0 Å². The Morgan fingerprint density at radius 2 is 2.11 bits per heavy atom. The van der Waals surface area contributed by atoms with Gasteiger partial charge in [0.1, 0.15) is 0 Å². The van der Waals surface area contributed by atoms with Crippen LogP contribution in [0.15, 0.2) is 6.07 Å². The lowest BCUT2D eigenvalue weighted by molar-refractivity contribution is 0.0895. The number of ketones is 1. The Morgan fingerprint density at radius 1 is 1.32 bits per heavy atom. The van der Waals surface area contributed by atoms with Gasteiger partial charge in [-0.25, -0.2) is 0 Å². The highest BCUT2D eigenvalue weighted by atomic mass is 32.1. The summed E-state index contributed by atoms with van der Waals surface area (Å²) >= 11 is 1.74. The average molecular weight is 277 g/mol. The van der Waals surface area contributed by atoms with Crippen molar-refractivity contribution in [2.75, 3.05) is 13.1 Å². The van der Waals surface area contributed by atoms with Crippen molar-refractivity contribution in [2.24, 2.45) is 5.92 Å². The molecule has 2 atom stereocenters. The van der Waals surface area contributed by atoms with Gasteiger partial charge in [-0.2, -0.15) is 0 Å². The van der Waals surface area contributed by atoms with E-state index in [9.17, 15) is 4.79 Å².